The fourth-order valence-electron chi connectivity index (χ4n) is 3.72. The molecule has 0 aliphatic heterocycles. The zero-order chi connectivity index (χ0) is 18.8. The van der Waals surface area contributed by atoms with E-state index in [1.54, 1.807) is 19.1 Å². The summed E-state index contributed by atoms with van der Waals surface area (Å²) < 4.78 is 5.55. The van der Waals surface area contributed by atoms with Gasteiger partial charge in [0.05, 0.1) is 6.10 Å². The van der Waals surface area contributed by atoms with Gasteiger partial charge in [0.15, 0.2) is 0 Å². The summed E-state index contributed by atoms with van der Waals surface area (Å²) in [6, 6.07) is 23.6. The van der Waals surface area contributed by atoms with Crippen LogP contribution in [0, 0.1) is 0 Å². The predicted octanol–water partition coefficient (Wildman–Crippen LogP) is 5.10. The van der Waals surface area contributed by atoms with Crippen LogP contribution in [0.4, 0.5) is 10.5 Å². The summed E-state index contributed by atoms with van der Waals surface area (Å²) in [6.45, 7) is 1.93. The van der Waals surface area contributed by atoms with E-state index in [4.69, 9.17) is 4.74 Å². The molecule has 136 valence electrons. The van der Waals surface area contributed by atoms with E-state index in [0.717, 1.165) is 0 Å². The highest BCUT2D eigenvalue weighted by molar-refractivity contribution is 5.86. The third kappa shape index (κ3) is 3.32. The van der Waals surface area contributed by atoms with Gasteiger partial charge in [0.1, 0.15) is 6.61 Å². The van der Waals surface area contributed by atoms with Crippen LogP contribution in [-0.4, -0.2) is 17.8 Å². The maximum atomic E-state index is 12.4. The molecule has 1 aliphatic rings. The number of hydrogen-bond donors (Lipinski definition) is 2. The number of amides is 1. The van der Waals surface area contributed by atoms with Crippen LogP contribution in [0.1, 0.15) is 35.6 Å². The van der Waals surface area contributed by atoms with E-state index >= 15 is 0 Å². The van der Waals surface area contributed by atoms with Crippen LogP contribution in [0.5, 0.6) is 0 Å². The summed E-state index contributed by atoms with van der Waals surface area (Å²) in [5.41, 5.74) is 5.96. The normalized spacial score (nSPS) is 13.6. The van der Waals surface area contributed by atoms with Gasteiger partial charge in [-0.05, 0) is 35.2 Å². The highest BCUT2D eigenvalue weighted by atomic mass is 16.5. The molecule has 1 atom stereocenters. The molecule has 1 aliphatic carbocycles. The van der Waals surface area contributed by atoms with E-state index in [2.05, 4.69) is 29.6 Å². The topological polar surface area (TPSA) is 58.6 Å². The highest BCUT2D eigenvalue weighted by Gasteiger charge is 2.29. The number of carbonyl (C=O) groups is 1. The average Bonchev–Trinajstić information content (AvgIpc) is 3.00. The number of aliphatic hydroxyl groups is 1. The van der Waals surface area contributed by atoms with Crippen LogP contribution in [0.15, 0.2) is 72.8 Å². The average molecular weight is 359 g/mol. The summed E-state index contributed by atoms with van der Waals surface area (Å²) in [7, 11) is 0. The minimum Gasteiger partial charge on any atom is -0.448 e. The molecule has 0 radical (unpaired) electrons. The van der Waals surface area contributed by atoms with Crippen LogP contribution in [0.25, 0.3) is 11.1 Å². The Kier molecular flexibility index (Phi) is 4.65. The molecule has 4 heteroatoms. The lowest BCUT2D eigenvalue weighted by Gasteiger charge is -2.16. The largest absolute Gasteiger partial charge is 0.448 e. The van der Waals surface area contributed by atoms with E-state index in [-0.39, 0.29) is 12.5 Å². The first-order valence-electron chi connectivity index (χ1n) is 9.04. The SMILES string of the molecule is CC(O)c1ccccc1NC(=O)OCC1c2ccccc2-c2ccccc21. The number of hydrogen-bond acceptors (Lipinski definition) is 3. The first-order valence-corrected chi connectivity index (χ1v) is 9.04. The first kappa shape index (κ1) is 17.3. The van der Waals surface area contributed by atoms with Crippen molar-refractivity contribution in [3.63, 3.8) is 0 Å². The molecule has 2 N–H and O–H groups in total. The maximum absolute atomic E-state index is 12.4. The number of benzene rings is 3. The molecule has 27 heavy (non-hydrogen) atoms. The van der Waals surface area contributed by atoms with E-state index in [9.17, 15) is 9.90 Å². The van der Waals surface area contributed by atoms with Crippen LogP contribution < -0.4 is 5.32 Å². The summed E-state index contributed by atoms with van der Waals surface area (Å²) in [4.78, 5) is 12.4. The molecule has 0 fully saturated rings. The lowest BCUT2D eigenvalue weighted by molar-refractivity contribution is 0.158. The molecule has 4 nitrogen and oxygen atoms in total. The highest BCUT2D eigenvalue weighted by Crippen LogP contribution is 2.44. The van der Waals surface area contributed by atoms with Crippen LogP contribution in [-0.2, 0) is 4.74 Å². The minimum absolute atomic E-state index is 0.0233. The Morgan fingerprint density at radius 3 is 2.15 bits per heavy atom. The Labute approximate surface area is 158 Å². The van der Waals surface area contributed by atoms with Gasteiger partial charge in [-0.1, -0.05) is 66.7 Å². The fourth-order valence-corrected chi connectivity index (χ4v) is 3.72. The van der Waals surface area contributed by atoms with Crippen LogP contribution >= 0.6 is 0 Å². The van der Waals surface area contributed by atoms with Gasteiger partial charge in [0, 0.05) is 17.2 Å². The van der Waals surface area contributed by atoms with Gasteiger partial charge < -0.3 is 9.84 Å². The molecule has 0 spiro atoms. The minimum atomic E-state index is -0.671. The quantitative estimate of drug-likeness (QED) is 0.681. The van der Waals surface area contributed by atoms with Gasteiger partial charge in [-0.2, -0.15) is 0 Å². The van der Waals surface area contributed by atoms with Gasteiger partial charge in [0.2, 0.25) is 0 Å². The van der Waals surface area contributed by atoms with Crippen molar-refractivity contribution in [3.05, 3.63) is 89.5 Å². The third-order valence-corrected chi connectivity index (χ3v) is 4.99. The Morgan fingerprint density at radius 1 is 0.963 bits per heavy atom. The van der Waals surface area contributed by atoms with Gasteiger partial charge in [-0.15, -0.1) is 0 Å². The first-order chi connectivity index (χ1) is 13.1. The molecule has 0 saturated carbocycles. The summed E-state index contributed by atoms with van der Waals surface area (Å²) in [5.74, 6) is 0.0233. The number of fused-ring (bicyclic) bond motifs is 3. The van der Waals surface area contributed by atoms with E-state index < -0.39 is 12.2 Å². The smallest absolute Gasteiger partial charge is 0.411 e. The second-order valence-electron chi connectivity index (χ2n) is 6.71. The van der Waals surface area contributed by atoms with Crippen molar-refractivity contribution < 1.29 is 14.6 Å². The monoisotopic (exact) mass is 359 g/mol. The zero-order valence-corrected chi connectivity index (χ0v) is 15.1. The molecule has 0 saturated heterocycles. The van der Waals surface area contributed by atoms with Crippen LogP contribution in [0.3, 0.4) is 0 Å². The van der Waals surface area contributed by atoms with Gasteiger partial charge in [0.25, 0.3) is 0 Å². The number of para-hydroxylation sites is 1. The molecule has 1 unspecified atom stereocenters. The summed E-state index contributed by atoms with van der Waals surface area (Å²) in [5, 5.41) is 12.6. The van der Waals surface area contributed by atoms with Crippen molar-refractivity contribution in [2.45, 2.75) is 18.9 Å². The molecule has 0 bridgehead atoms. The van der Waals surface area contributed by atoms with Gasteiger partial charge >= 0.3 is 6.09 Å². The fraction of sp³-hybridized carbons (Fsp3) is 0.174. The Morgan fingerprint density at radius 2 is 1.52 bits per heavy atom. The van der Waals surface area contributed by atoms with Crippen molar-refractivity contribution in [1.29, 1.82) is 0 Å². The number of ether oxygens (including phenoxy) is 1. The van der Waals surface area contributed by atoms with Crippen molar-refractivity contribution in [2.75, 3.05) is 11.9 Å². The molecule has 3 aromatic carbocycles. The van der Waals surface area contributed by atoms with Crippen molar-refractivity contribution in [2.24, 2.45) is 0 Å². The summed E-state index contributed by atoms with van der Waals surface area (Å²) >= 11 is 0. The summed E-state index contributed by atoms with van der Waals surface area (Å²) in [6.07, 6.45) is -1.19. The van der Waals surface area contributed by atoms with E-state index in [1.165, 1.54) is 22.3 Å². The molecule has 3 aromatic rings. The van der Waals surface area contributed by atoms with Gasteiger partial charge in [-0.3, -0.25) is 5.32 Å². The number of nitrogens with one attached hydrogen (secondary N) is 1. The zero-order valence-electron chi connectivity index (χ0n) is 15.1. The maximum Gasteiger partial charge on any atom is 0.411 e. The Bertz CT molecular complexity index is 935. The predicted molar refractivity (Wildman–Crippen MR) is 106 cm³/mol. The lowest BCUT2D eigenvalue weighted by atomic mass is 9.98. The number of rotatable bonds is 4. The second-order valence-corrected chi connectivity index (χ2v) is 6.71. The van der Waals surface area contributed by atoms with Crippen molar-refractivity contribution in [3.8, 4) is 11.1 Å². The Hall–Kier alpha value is -3.11. The number of aliphatic hydroxyl groups excluding tert-OH is 1. The molecular weight excluding hydrogens is 338 g/mol. The third-order valence-electron chi connectivity index (χ3n) is 4.99. The molecule has 4 rings (SSSR count). The molecule has 0 heterocycles. The van der Waals surface area contributed by atoms with Crippen LogP contribution in [0.2, 0.25) is 0 Å². The Balaban J connectivity index is 1.50. The molecular formula is C23H21NO3. The van der Waals surface area contributed by atoms with E-state index in [1.807, 2.05) is 36.4 Å². The molecule has 1 amide bonds. The lowest BCUT2D eigenvalue weighted by Crippen LogP contribution is -2.18. The molecule has 0 aromatic heterocycles. The van der Waals surface area contributed by atoms with Crippen molar-refractivity contribution in [1.82, 2.24) is 0 Å². The second kappa shape index (κ2) is 7.25. The standard InChI is InChI=1S/C23H21NO3/c1-15(25)16-8-6-7-13-22(16)24-23(26)27-14-21-19-11-4-2-9-17(19)18-10-3-5-12-20(18)21/h2-13,15,21,25H,14H2,1H3,(H,24,26). The number of anilines is 1. The van der Waals surface area contributed by atoms with Crippen molar-refractivity contribution >= 4 is 11.8 Å². The van der Waals surface area contributed by atoms with Gasteiger partial charge in [-0.25, -0.2) is 4.79 Å². The van der Waals surface area contributed by atoms with E-state index in [0.29, 0.717) is 11.3 Å². The number of carbonyl (C=O) groups excluding carboxylic acids is 1.